The lowest BCUT2D eigenvalue weighted by molar-refractivity contribution is -0.384. The van der Waals surface area contributed by atoms with E-state index in [0.717, 1.165) is 18.4 Å². The van der Waals surface area contributed by atoms with Crippen LogP contribution in [-0.4, -0.2) is 4.92 Å². The Hall–Kier alpha value is -2.87. The quantitative estimate of drug-likeness (QED) is 0.632. The van der Waals surface area contributed by atoms with E-state index in [4.69, 9.17) is 0 Å². The second-order valence-corrected chi connectivity index (χ2v) is 5.00. The molecule has 1 N–H and O–H groups in total. The molecular weight excluding hydrogens is 278 g/mol. The minimum atomic E-state index is -0.495. The summed E-state index contributed by atoms with van der Waals surface area (Å²) >= 11 is 0. The molecule has 0 fully saturated rings. The number of nitrogens with one attached hydrogen (secondary N) is 1. The predicted molar refractivity (Wildman–Crippen MR) is 85.5 cm³/mol. The first-order valence-electron chi connectivity index (χ1n) is 7.15. The minimum Gasteiger partial charge on any atom is -0.377 e. The van der Waals surface area contributed by atoms with E-state index >= 15 is 0 Å². The molecular formula is C17H17N3O2. The van der Waals surface area contributed by atoms with Gasteiger partial charge in [0, 0.05) is 12.1 Å². The summed E-state index contributed by atoms with van der Waals surface area (Å²) in [6.07, 6.45) is 1.90. The molecule has 0 spiro atoms. The molecule has 2 rings (SSSR count). The largest absolute Gasteiger partial charge is 0.377 e. The minimum absolute atomic E-state index is 0.0692. The third-order valence-electron chi connectivity index (χ3n) is 3.44. The van der Waals surface area contributed by atoms with Crippen LogP contribution in [0.1, 0.15) is 36.9 Å². The van der Waals surface area contributed by atoms with Gasteiger partial charge in [-0.2, -0.15) is 5.26 Å². The Morgan fingerprint density at radius 3 is 2.59 bits per heavy atom. The Balaban J connectivity index is 2.31. The maximum atomic E-state index is 10.8. The number of rotatable bonds is 6. The van der Waals surface area contributed by atoms with Gasteiger partial charge in [-0.15, -0.1) is 0 Å². The van der Waals surface area contributed by atoms with Crippen LogP contribution in [0.15, 0.2) is 48.5 Å². The maximum absolute atomic E-state index is 10.8. The highest BCUT2D eigenvalue weighted by Gasteiger charge is 2.15. The summed E-state index contributed by atoms with van der Waals surface area (Å²) in [4.78, 5) is 10.3. The molecule has 2 aromatic carbocycles. The molecule has 22 heavy (non-hydrogen) atoms. The fourth-order valence-corrected chi connectivity index (χ4v) is 2.35. The molecule has 112 valence electrons. The Kier molecular flexibility index (Phi) is 5.10. The van der Waals surface area contributed by atoms with E-state index in [1.165, 1.54) is 12.1 Å². The molecule has 0 saturated carbocycles. The SMILES string of the molecule is CCC[C@@H](Nc1ccc([N+](=O)[O-])cc1C#N)c1ccccc1. The molecule has 0 bridgehead atoms. The van der Waals surface area contributed by atoms with E-state index in [2.05, 4.69) is 12.2 Å². The Bertz CT molecular complexity index is 693. The van der Waals surface area contributed by atoms with Gasteiger partial charge in [0.2, 0.25) is 0 Å². The van der Waals surface area contributed by atoms with E-state index < -0.39 is 4.92 Å². The summed E-state index contributed by atoms with van der Waals surface area (Å²) in [7, 11) is 0. The summed E-state index contributed by atoms with van der Waals surface area (Å²) in [6, 6.07) is 16.4. The predicted octanol–water partition coefficient (Wildman–Crippen LogP) is 4.42. The Morgan fingerprint density at radius 1 is 1.27 bits per heavy atom. The first kappa shape index (κ1) is 15.5. The number of hydrogen-bond donors (Lipinski definition) is 1. The number of hydrogen-bond acceptors (Lipinski definition) is 4. The van der Waals surface area contributed by atoms with Gasteiger partial charge in [-0.05, 0) is 18.1 Å². The van der Waals surface area contributed by atoms with Crippen molar-refractivity contribution in [3.05, 3.63) is 69.8 Å². The van der Waals surface area contributed by atoms with Gasteiger partial charge in [0.05, 0.1) is 22.2 Å². The molecule has 0 heterocycles. The van der Waals surface area contributed by atoms with Gasteiger partial charge < -0.3 is 5.32 Å². The van der Waals surface area contributed by atoms with E-state index in [0.29, 0.717) is 5.69 Å². The van der Waals surface area contributed by atoms with Crippen molar-refractivity contribution in [1.82, 2.24) is 0 Å². The number of nitrogens with zero attached hydrogens (tertiary/aromatic N) is 2. The molecule has 0 amide bonds. The van der Waals surface area contributed by atoms with E-state index in [1.54, 1.807) is 6.07 Å². The average Bonchev–Trinajstić information content (AvgIpc) is 2.55. The summed E-state index contributed by atoms with van der Waals surface area (Å²) in [5.41, 5.74) is 1.96. The van der Waals surface area contributed by atoms with Crippen LogP contribution in [0.5, 0.6) is 0 Å². The van der Waals surface area contributed by atoms with Gasteiger partial charge in [0.1, 0.15) is 6.07 Å². The van der Waals surface area contributed by atoms with Crippen LogP contribution in [0.4, 0.5) is 11.4 Å². The molecule has 0 aromatic heterocycles. The summed E-state index contributed by atoms with van der Waals surface area (Å²) in [6.45, 7) is 2.10. The first-order valence-corrected chi connectivity index (χ1v) is 7.15. The van der Waals surface area contributed by atoms with Crippen molar-refractivity contribution in [2.75, 3.05) is 5.32 Å². The van der Waals surface area contributed by atoms with Gasteiger partial charge in [-0.3, -0.25) is 10.1 Å². The lowest BCUT2D eigenvalue weighted by Gasteiger charge is -2.20. The van der Waals surface area contributed by atoms with Gasteiger partial charge in [0.25, 0.3) is 5.69 Å². The molecule has 0 radical (unpaired) electrons. The van der Waals surface area contributed by atoms with Crippen molar-refractivity contribution >= 4 is 11.4 Å². The summed E-state index contributed by atoms with van der Waals surface area (Å²) < 4.78 is 0. The van der Waals surface area contributed by atoms with Gasteiger partial charge in [-0.25, -0.2) is 0 Å². The average molecular weight is 295 g/mol. The monoisotopic (exact) mass is 295 g/mol. The van der Waals surface area contributed by atoms with Crippen LogP contribution in [-0.2, 0) is 0 Å². The van der Waals surface area contributed by atoms with Crippen molar-refractivity contribution in [1.29, 1.82) is 5.26 Å². The van der Waals surface area contributed by atoms with Gasteiger partial charge in [0.15, 0.2) is 0 Å². The lowest BCUT2D eigenvalue weighted by Crippen LogP contribution is -2.11. The highest BCUT2D eigenvalue weighted by atomic mass is 16.6. The standard InChI is InChI=1S/C17H17N3O2/c1-2-6-16(13-7-4-3-5-8-13)19-17-10-9-15(20(21)22)11-14(17)12-18/h3-5,7-11,16,19H,2,6H2,1H3/t16-/m1/s1. The number of nitriles is 1. The zero-order valence-electron chi connectivity index (χ0n) is 12.3. The Labute approximate surface area is 129 Å². The van der Waals surface area contributed by atoms with E-state index in [-0.39, 0.29) is 17.3 Å². The second kappa shape index (κ2) is 7.23. The van der Waals surface area contributed by atoms with Crippen molar-refractivity contribution in [3.63, 3.8) is 0 Å². The molecule has 0 aliphatic rings. The molecule has 1 atom stereocenters. The number of nitro benzene ring substituents is 1. The van der Waals surface area contributed by atoms with Crippen LogP contribution < -0.4 is 5.32 Å². The highest BCUT2D eigenvalue weighted by molar-refractivity contribution is 5.62. The van der Waals surface area contributed by atoms with Crippen LogP contribution in [0.3, 0.4) is 0 Å². The van der Waals surface area contributed by atoms with Crippen molar-refractivity contribution in [2.24, 2.45) is 0 Å². The zero-order chi connectivity index (χ0) is 15.9. The van der Waals surface area contributed by atoms with E-state index in [1.807, 2.05) is 36.4 Å². The molecule has 0 saturated heterocycles. The van der Waals surface area contributed by atoms with Gasteiger partial charge >= 0.3 is 0 Å². The molecule has 5 heteroatoms. The number of benzene rings is 2. The van der Waals surface area contributed by atoms with Crippen LogP contribution in [0, 0.1) is 21.4 Å². The normalized spacial score (nSPS) is 11.5. The maximum Gasteiger partial charge on any atom is 0.270 e. The van der Waals surface area contributed by atoms with Crippen LogP contribution in [0.25, 0.3) is 0 Å². The number of nitro groups is 1. The van der Waals surface area contributed by atoms with Crippen LogP contribution >= 0.6 is 0 Å². The fourth-order valence-electron chi connectivity index (χ4n) is 2.35. The fraction of sp³-hybridized carbons (Fsp3) is 0.235. The van der Waals surface area contributed by atoms with Crippen molar-refractivity contribution in [3.8, 4) is 6.07 Å². The second-order valence-electron chi connectivity index (χ2n) is 5.00. The molecule has 0 aliphatic heterocycles. The summed E-state index contributed by atoms with van der Waals surface area (Å²) in [5.74, 6) is 0. The zero-order valence-corrected chi connectivity index (χ0v) is 12.3. The first-order chi connectivity index (χ1) is 10.7. The molecule has 2 aromatic rings. The Morgan fingerprint density at radius 2 is 2.00 bits per heavy atom. The summed E-state index contributed by atoms with van der Waals surface area (Å²) in [5, 5.41) is 23.4. The van der Waals surface area contributed by atoms with Crippen LogP contribution in [0.2, 0.25) is 0 Å². The molecule has 0 aliphatic carbocycles. The van der Waals surface area contributed by atoms with Crippen molar-refractivity contribution < 1.29 is 4.92 Å². The van der Waals surface area contributed by atoms with Gasteiger partial charge in [-0.1, -0.05) is 43.7 Å². The number of anilines is 1. The molecule has 0 unspecified atom stereocenters. The number of non-ortho nitro benzene ring substituents is 1. The molecule has 5 nitrogen and oxygen atoms in total. The van der Waals surface area contributed by atoms with E-state index in [9.17, 15) is 15.4 Å². The third kappa shape index (κ3) is 3.61. The highest BCUT2D eigenvalue weighted by Crippen LogP contribution is 2.28. The smallest absolute Gasteiger partial charge is 0.270 e. The third-order valence-corrected chi connectivity index (χ3v) is 3.44. The topological polar surface area (TPSA) is 79.0 Å². The lowest BCUT2D eigenvalue weighted by atomic mass is 10.0. The van der Waals surface area contributed by atoms with Crippen molar-refractivity contribution in [2.45, 2.75) is 25.8 Å².